The van der Waals surface area contributed by atoms with Crippen molar-refractivity contribution in [2.75, 3.05) is 0 Å². The van der Waals surface area contributed by atoms with Gasteiger partial charge in [-0.3, -0.25) is 0 Å². The van der Waals surface area contributed by atoms with Gasteiger partial charge < -0.3 is 10.2 Å². The molecule has 1 aromatic rings. The second-order valence-electron chi connectivity index (χ2n) is 2.73. The van der Waals surface area contributed by atoms with E-state index in [0.29, 0.717) is 5.56 Å². The summed E-state index contributed by atoms with van der Waals surface area (Å²) in [7, 11) is 0. The maximum atomic E-state index is 9.55. The molecule has 0 radical (unpaired) electrons. The van der Waals surface area contributed by atoms with Crippen molar-refractivity contribution in [2.45, 2.75) is 16.6 Å². The molecule has 0 saturated carbocycles. The van der Waals surface area contributed by atoms with Crippen LogP contribution in [0.4, 0.5) is 0 Å². The Bertz CT molecular complexity index is 310. The summed E-state index contributed by atoms with van der Waals surface area (Å²) in [6.07, 6.45) is 0.754. The van der Waals surface area contributed by atoms with Crippen LogP contribution in [0.1, 0.15) is 18.9 Å². The highest BCUT2D eigenvalue weighted by Gasteiger charge is 2.27. The first-order valence-electron chi connectivity index (χ1n) is 3.88. The van der Waals surface area contributed by atoms with E-state index in [1.165, 1.54) is 6.07 Å². The van der Waals surface area contributed by atoms with Crippen molar-refractivity contribution in [3.63, 3.8) is 0 Å². The average molecular weight is 310 g/mol. The fraction of sp³-hybridized carbons (Fsp3) is 0.333. The van der Waals surface area contributed by atoms with Crippen LogP contribution in [0, 0.1) is 0 Å². The van der Waals surface area contributed by atoms with Gasteiger partial charge in [-0.1, -0.05) is 50.9 Å². The molecule has 1 rings (SSSR count). The van der Waals surface area contributed by atoms with Crippen LogP contribution in [0.5, 0.6) is 11.5 Å². The molecule has 13 heavy (non-hydrogen) atoms. The lowest BCUT2D eigenvalue weighted by atomic mass is 10.1. The highest BCUT2D eigenvalue weighted by molar-refractivity contribution is 9.24. The number of aromatic hydroxyl groups is 2. The van der Waals surface area contributed by atoms with E-state index in [2.05, 4.69) is 31.9 Å². The molecule has 4 heteroatoms. The Hall–Kier alpha value is -0.220. The van der Waals surface area contributed by atoms with Crippen molar-refractivity contribution in [2.24, 2.45) is 0 Å². The van der Waals surface area contributed by atoms with Crippen LogP contribution in [0.3, 0.4) is 0 Å². The molecule has 2 N–H and O–H groups in total. The van der Waals surface area contributed by atoms with E-state index in [9.17, 15) is 10.2 Å². The third-order valence-corrected chi connectivity index (χ3v) is 3.83. The van der Waals surface area contributed by atoms with Crippen LogP contribution in [-0.4, -0.2) is 10.2 Å². The third-order valence-electron chi connectivity index (χ3n) is 1.85. The molecule has 0 amide bonds. The van der Waals surface area contributed by atoms with Crippen molar-refractivity contribution in [3.8, 4) is 11.5 Å². The fourth-order valence-corrected chi connectivity index (χ4v) is 1.66. The second-order valence-corrected chi connectivity index (χ2v) is 6.50. The number of para-hydroxylation sites is 1. The highest BCUT2D eigenvalue weighted by atomic mass is 79.9. The summed E-state index contributed by atoms with van der Waals surface area (Å²) in [5, 5.41) is 18.8. The van der Waals surface area contributed by atoms with Gasteiger partial charge in [0.2, 0.25) is 0 Å². The number of phenolic OH excluding ortho intramolecular Hbond substituents is 2. The first-order valence-corrected chi connectivity index (χ1v) is 5.47. The van der Waals surface area contributed by atoms with Gasteiger partial charge in [0.1, 0.15) is 3.23 Å². The summed E-state index contributed by atoms with van der Waals surface area (Å²) in [5.74, 6) is -0.188. The van der Waals surface area contributed by atoms with E-state index in [4.69, 9.17) is 0 Å². The summed E-state index contributed by atoms with van der Waals surface area (Å²) in [5.41, 5.74) is 0.634. The lowest BCUT2D eigenvalue weighted by Gasteiger charge is -2.20. The SMILES string of the molecule is CCC(Br)(Br)c1cccc(O)c1O. The van der Waals surface area contributed by atoms with Crippen molar-refractivity contribution in [3.05, 3.63) is 23.8 Å². The molecule has 0 aliphatic carbocycles. The van der Waals surface area contributed by atoms with Crippen LogP contribution in [0.15, 0.2) is 18.2 Å². The number of hydrogen-bond donors (Lipinski definition) is 2. The number of halogens is 2. The summed E-state index contributed by atoms with van der Waals surface area (Å²) in [6, 6.07) is 4.89. The molecule has 0 aromatic heterocycles. The summed E-state index contributed by atoms with van der Waals surface area (Å²) in [4.78, 5) is 0. The monoisotopic (exact) mass is 308 g/mol. The summed E-state index contributed by atoms with van der Waals surface area (Å²) >= 11 is 6.84. The van der Waals surface area contributed by atoms with E-state index >= 15 is 0 Å². The van der Waals surface area contributed by atoms with Crippen LogP contribution in [0.25, 0.3) is 0 Å². The van der Waals surface area contributed by atoms with E-state index in [-0.39, 0.29) is 11.5 Å². The Labute approximate surface area is 93.8 Å². The number of phenols is 2. The number of hydrogen-bond acceptors (Lipinski definition) is 2. The first-order chi connectivity index (χ1) is 5.99. The minimum atomic E-state index is -0.469. The molecule has 0 atom stereocenters. The lowest BCUT2D eigenvalue weighted by Crippen LogP contribution is -2.06. The van der Waals surface area contributed by atoms with Gasteiger partial charge in [0.05, 0.1) is 0 Å². The summed E-state index contributed by atoms with van der Waals surface area (Å²) < 4.78 is -0.469. The topological polar surface area (TPSA) is 40.5 Å². The molecule has 0 unspecified atom stereocenters. The van der Waals surface area contributed by atoms with Crippen LogP contribution < -0.4 is 0 Å². The maximum Gasteiger partial charge on any atom is 0.162 e. The van der Waals surface area contributed by atoms with E-state index in [1.54, 1.807) is 12.1 Å². The second kappa shape index (κ2) is 3.88. The smallest absolute Gasteiger partial charge is 0.162 e. The Morgan fingerprint density at radius 1 is 1.31 bits per heavy atom. The molecule has 0 fully saturated rings. The van der Waals surface area contributed by atoms with Gasteiger partial charge in [-0.15, -0.1) is 0 Å². The zero-order chi connectivity index (χ0) is 10.1. The summed E-state index contributed by atoms with van der Waals surface area (Å²) in [6.45, 7) is 1.97. The predicted octanol–water partition coefficient (Wildman–Crippen LogP) is 3.45. The van der Waals surface area contributed by atoms with E-state index in [1.807, 2.05) is 6.92 Å². The molecule has 0 aliphatic heterocycles. The van der Waals surface area contributed by atoms with E-state index in [0.717, 1.165) is 6.42 Å². The van der Waals surface area contributed by atoms with Crippen molar-refractivity contribution >= 4 is 31.9 Å². The molecule has 72 valence electrons. The first kappa shape index (κ1) is 10.9. The molecular weight excluding hydrogens is 300 g/mol. The molecule has 0 aliphatic rings. The average Bonchev–Trinajstić information content (AvgIpc) is 2.09. The van der Waals surface area contributed by atoms with Crippen LogP contribution >= 0.6 is 31.9 Å². The van der Waals surface area contributed by atoms with Crippen molar-refractivity contribution in [1.29, 1.82) is 0 Å². The van der Waals surface area contributed by atoms with Crippen molar-refractivity contribution < 1.29 is 10.2 Å². The molecule has 0 spiro atoms. The van der Waals surface area contributed by atoms with Crippen LogP contribution in [-0.2, 0) is 3.23 Å². The quantitative estimate of drug-likeness (QED) is 0.649. The molecular formula is C9H10Br2O2. The zero-order valence-electron chi connectivity index (χ0n) is 7.09. The Morgan fingerprint density at radius 2 is 1.92 bits per heavy atom. The zero-order valence-corrected chi connectivity index (χ0v) is 10.3. The minimum absolute atomic E-state index is 0.0851. The maximum absolute atomic E-state index is 9.55. The van der Waals surface area contributed by atoms with Gasteiger partial charge in [-0.2, -0.15) is 0 Å². The van der Waals surface area contributed by atoms with Crippen LogP contribution in [0.2, 0.25) is 0 Å². The van der Waals surface area contributed by atoms with Gasteiger partial charge in [0, 0.05) is 5.56 Å². The van der Waals surface area contributed by atoms with Crippen molar-refractivity contribution in [1.82, 2.24) is 0 Å². The molecule has 0 bridgehead atoms. The largest absolute Gasteiger partial charge is 0.504 e. The van der Waals surface area contributed by atoms with Gasteiger partial charge in [-0.25, -0.2) is 0 Å². The molecule has 2 nitrogen and oxygen atoms in total. The van der Waals surface area contributed by atoms with Gasteiger partial charge >= 0.3 is 0 Å². The Morgan fingerprint density at radius 3 is 2.46 bits per heavy atom. The number of benzene rings is 1. The minimum Gasteiger partial charge on any atom is -0.504 e. The molecule has 1 aromatic carbocycles. The number of rotatable bonds is 2. The van der Waals surface area contributed by atoms with E-state index < -0.39 is 3.23 Å². The molecule has 0 heterocycles. The van der Waals surface area contributed by atoms with Gasteiger partial charge in [0.15, 0.2) is 11.5 Å². The Kier molecular flexibility index (Phi) is 3.24. The lowest BCUT2D eigenvalue weighted by molar-refractivity contribution is 0.398. The third kappa shape index (κ3) is 2.17. The standard InChI is InChI=1S/C9H10Br2O2/c1-2-9(10,11)6-4-3-5-7(12)8(6)13/h3-5,12-13H,2H2,1H3. The van der Waals surface area contributed by atoms with Gasteiger partial charge in [0.25, 0.3) is 0 Å². The molecule has 0 saturated heterocycles. The predicted molar refractivity (Wildman–Crippen MR) is 59.6 cm³/mol. The normalized spacial score (nSPS) is 11.6. The van der Waals surface area contributed by atoms with Gasteiger partial charge in [-0.05, 0) is 12.5 Å². The highest BCUT2D eigenvalue weighted by Crippen LogP contribution is 2.47. The number of alkyl halides is 2. The fourth-order valence-electron chi connectivity index (χ4n) is 1.02. The Balaban J connectivity index is 3.22.